The molecule has 186 valence electrons. The summed E-state index contributed by atoms with van der Waals surface area (Å²) in [5.41, 5.74) is 16.8. The fourth-order valence-electron chi connectivity index (χ4n) is 5.99. The van der Waals surface area contributed by atoms with Gasteiger partial charge in [0.25, 0.3) is 0 Å². The number of anilines is 1. The molecule has 0 bridgehead atoms. The fourth-order valence-corrected chi connectivity index (χ4v) is 5.99. The predicted molar refractivity (Wildman–Crippen MR) is 168 cm³/mol. The lowest BCUT2D eigenvalue weighted by molar-refractivity contribution is 1.27. The number of para-hydroxylation sites is 2. The molecule has 39 heavy (non-hydrogen) atoms. The van der Waals surface area contributed by atoms with Gasteiger partial charge in [0.05, 0.1) is 16.6 Å². The van der Waals surface area contributed by atoms with Gasteiger partial charge in [-0.2, -0.15) is 0 Å². The lowest BCUT2D eigenvalue weighted by Gasteiger charge is -2.16. The molecule has 2 heteroatoms. The summed E-state index contributed by atoms with van der Waals surface area (Å²) in [4.78, 5) is 0. The van der Waals surface area contributed by atoms with E-state index in [4.69, 9.17) is 5.73 Å². The summed E-state index contributed by atoms with van der Waals surface area (Å²) in [6.07, 6.45) is 4.97. The molecule has 2 heterocycles. The van der Waals surface area contributed by atoms with Crippen molar-refractivity contribution in [1.82, 2.24) is 4.40 Å². The third kappa shape index (κ3) is 3.72. The average molecular weight is 501 g/mol. The van der Waals surface area contributed by atoms with Crippen LogP contribution in [0.3, 0.4) is 0 Å². The van der Waals surface area contributed by atoms with Crippen molar-refractivity contribution in [3.63, 3.8) is 0 Å². The minimum absolute atomic E-state index is 0.759. The van der Waals surface area contributed by atoms with E-state index in [2.05, 4.69) is 120 Å². The molecule has 0 spiro atoms. The van der Waals surface area contributed by atoms with E-state index in [1.165, 1.54) is 54.8 Å². The summed E-state index contributed by atoms with van der Waals surface area (Å²) in [6, 6.07) is 42.9. The first kappa shape index (κ1) is 23.1. The number of pyridine rings is 1. The maximum absolute atomic E-state index is 6.66. The molecule has 0 atom stereocenters. The van der Waals surface area contributed by atoms with E-state index >= 15 is 0 Å². The van der Waals surface area contributed by atoms with Crippen molar-refractivity contribution in [3.05, 3.63) is 151 Å². The molecule has 7 aromatic rings. The van der Waals surface area contributed by atoms with Gasteiger partial charge in [-0.15, -0.1) is 0 Å². The maximum Gasteiger partial charge on any atom is 0.0617 e. The molecule has 0 saturated heterocycles. The molecule has 0 saturated carbocycles. The Labute approximate surface area is 227 Å². The number of aromatic nitrogens is 1. The SMILES string of the molecule is C=C/C(=C\Cc1ccc2cc3c4ccccc4c4ccccc4n3c2c1-c1ccccc1N)c1ccccc1. The van der Waals surface area contributed by atoms with E-state index in [0.717, 1.165) is 23.2 Å². The predicted octanol–water partition coefficient (Wildman–Crippen LogP) is 9.46. The van der Waals surface area contributed by atoms with Crippen LogP contribution in [0.15, 0.2) is 140 Å². The van der Waals surface area contributed by atoms with E-state index < -0.39 is 0 Å². The quantitative estimate of drug-likeness (QED) is 0.142. The Morgan fingerprint density at radius 2 is 1.36 bits per heavy atom. The molecule has 0 fully saturated rings. The van der Waals surface area contributed by atoms with Crippen LogP contribution >= 0.6 is 0 Å². The van der Waals surface area contributed by atoms with Crippen LogP contribution in [0.5, 0.6) is 0 Å². The Bertz CT molecular complexity index is 2060. The molecule has 2 N–H and O–H groups in total. The first-order valence-electron chi connectivity index (χ1n) is 13.3. The number of rotatable bonds is 5. The highest BCUT2D eigenvalue weighted by Crippen LogP contribution is 2.41. The summed E-state index contributed by atoms with van der Waals surface area (Å²) in [6.45, 7) is 4.10. The smallest absolute Gasteiger partial charge is 0.0617 e. The summed E-state index contributed by atoms with van der Waals surface area (Å²) in [5, 5.41) is 4.97. The Hall–Kier alpha value is -5.08. The number of nitrogens with zero attached hydrogens (tertiary/aromatic N) is 1. The van der Waals surface area contributed by atoms with Gasteiger partial charge in [0.15, 0.2) is 0 Å². The molecule has 7 rings (SSSR count). The van der Waals surface area contributed by atoms with E-state index in [-0.39, 0.29) is 0 Å². The average Bonchev–Trinajstić information content (AvgIpc) is 3.39. The van der Waals surface area contributed by atoms with Crippen molar-refractivity contribution >= 4 is 49.4 Å². The van der Waals surface area contributed by atoms with E-state index in [1.54, 1.807) is 0 Å². The Kier molecular flexibility index (Phi) is 5.53. The number of allylic oxidation sites excluding steroid dienone is 3. The van der Waals surface area contributed by atoms with Gasteiger partial charge in [0, 0.05) is 33.0 Å². The normalized spacial score (nSPS) is 12.1. The second kappa shape index (κ2) is 9.34. The van der Waals surface area contributed by atoms with Gasteiger partial charge in [0.2, 0.25) is 0 Å². The van der Waals surface area contributed by atoms with Crippen LogP contribution in [0.4, 0.5) is 5.69 Å². The summed E-state index contributed by atoms with van der Waals surface area (Å²) in [7, 11) is 0. The van der Waals surface area contributed by atoms with Crippen LogP contribution in [0, 0.1) is 0 Å². The van der Waals surface area contributed by atoms with E-state index in [9.17, 15) is 0 Å². The maximum atomic E-state index is 6.66. The van der Waals surface area contributed by atoms with Gasteiger partial charge in [-0.05, 0) is 46.7 Å². The number of benzene rings is 5. The number of nitrogen functional groups attached to an aromatic ring is 1. The fraction of sp³-hybridized carbons (Fsp3) is 0.0270. The molecular weight excluding hydrogens is 472 g/mol. The molecule has 2 nitrogen and oxygen atoms in total. The lowest BCUT2D eigenvalue weighted by atomic mass is 9.93. The van der Waals surface area contributed by atoms with E-state index in [1.807, 2.05) is 24.3 Å². The van der Waals surface area contributed by atoms with Crippen molar-refractivity contribution in [2.45, 2.75) is 6.42 Å². The molecule has 0 radical (unpaired) electrons. The highest BCUT2D eigenvalue weighted by Gasteiger charge is 2.19. The van der Waals surface area contributed by atoms with Gasteiger partial charge in [-0.1, -0.05) is 122 Å². The van der Waals surface area contributed by atoms with Gasteiger partial charge in [-0.25, -0.2) is 0 Å². The Morgan fingerprint density at radius 3 is 2.13 bits per heavy atom. The first-order chi connectivity index (χ1) is 19.2. The van der Waals surface area contributed by atoms with Crippen LogP contribution in [-0.2, 0) is 6.42 Å². The van der Waals surface area contributed by atoms with Crippen LogP contribution < -0.4 is 5.73 Å². The van der Waals surface area contributed by atoms with Crippen molar-refractivity contribution in [2.24, 2.45) is 0 Å². The minimum atomic E-state index is 0.759. The van der Waals surface area contributed by atoms with Crippen LogP contribution in [0.2, 0.25) is 0 Å². The van der Waals surface area contributed by atoms with Crippen molar-refractivity contribution in [2.75, 3.05) is 5.73 Å². The number of hydrogen-bond acceptors (Lipinski definition) is 1. The molecule has 0 amide bonds. The van der Waals surface area contributed by atoms with Crippen LogP contribution in [0.25, 0.3) is 54.8 Å². The second-order valence-electron chi connectivity index (χ2n) is 9.99. The van der Waals surface area contributed by atoms with Gasteiger partial charge >= 0.3 is 0 Å². The van der Waals surface area contributed by atoms with Gasteiger partial charge in [0.1, 0.15) is 0 Å². The zero-order chi connectivity index (χ0) is 26.3. The van der Waals surface area contributed by atoms with Crippen molar-refractivity contribution in [3.8, 4) is 11.1 Å². The summed E-state index contributed by atoms with van der Waals surface area (Å²) >= 11 is 0. The lowest BCUT2D eigenvalue weighted by Crippen LogP contribution is -1.98. The Morgan fingerprint density at radius 1 is 0.692 bits per heavy atom. The number of nitrogens with two attached hydrogens (primary N) is 1. The molecule has 0 unspecified atom stereocenters. The highest BCUT2D eigenvalue weighted by atomic mass is 14.9. The largest absolute Gasteiger partial charge is 0.398 e. The monoisotopic (exact) mass is 500 g/mol. The van der Waals surface area contributed by atoms with Gasteiger partial charge in [-0.3, -0.25) is 0 Å². The third-order valence-electron chi connectivity index (χ3n) is 7.79. The van der Waals surface area contributed by atoms with E-state index in [0.29, 0.717) is 0 Å². The van der Waals surface area contributed by atoms with Crippen LogP contribution in [-0.4, -0.2) is 4.40 Å². The zero-order valence-electron chi connectivity index (χ0n) is 21.6. The third-order valence-corrected chi connectivity index (χ3v) is 7.79. The standard InChI is InChI=1S/C37H28N2/c1-2-25(26-12-4-3-5-13-26)20-21-27-22-23-28-24-35-31-16-7-6-14-29(31)30-15-9-11-19-34(30)39(35)37(28)36(27)32-17-8-10-18-33(32)38/h2-20,22-24H,1,21,38H2/b25-20+. The summed E-state index contributed by atoms with van der Waals surface area (Å²) < 4.78 is 2.44. The minimum Gasteiger partial charge on any atom is -0.398 e. The molecule has 0 aliphatic carbocycles. The molecular formula is C37H28N2. The first-order valence-corrected chi connectivity index (χ1v) is 13.3. The second-order valence-corrected chi connectivity index (χ2v) is 9.99. The zero-order valence-corrected chi connectivity index (χ0v) is 21.6. The summed E-state index contributed by atoms with van der Waals surface area (Å²) in [5.74, 6) is 0. The molecule has 2 aromatic heterocycles. The van der Waals surface area contributed by atoms with Crippen LogP contribution in [0.1, 0.15) is 11.1 Å². The number of hydrogen-bond donors (Lipinski definition) is 1. The van der Waals surface area contributed by atoms with Gasteiger partial charge < -0.3 is 10.1 Å². The Balaban J connectivity index is 1.59. The topological polar surface area (TPSA) is 30.4 Å². The van der Waals surface area contributed by atoms with Crippen molar-refractivity contribution < 1.29 is 0 Å². The molecule has 0 aliphatic heterocycles. The van der Waals surface area contributed by atoms with Crippen molar-refractivity contribution in [1.29, 1.82) is 0 Å². The number of fused-ring (bicyclic) bond motifs is 8. The molecule has 0 aliphatic rings. The highest BCUT2D eigenvalue weighted by molar-refractivity contribution is 6.17. The molecule has 5 aromatic carbocycles.